The quantitative estimate of drug-likeness (QED) is 0.708. The molecule has 5 nitrogen and oxygen atoms in total. The minimum atomic E-state index is -0.131. The highest BCUT2D eigenvalue weighted by molar-refractivity contribution is 5.94. The fourth-order valence-electron chi connectivity index (χ4n) is 2.07. The van der Waals surface area contributed by atoms with Crippen LogP contribution >= 0.6 is 0 Å². The van der Waals surface area contributed by atoms with Gasteiger partial charge in [-0.1, -0.05) is 13.8 Å². The van der Waals surface area contributed by atoms with Gasteiger partial charge in [-0.2, -0.15) is 0 Å². The molecule has 2 aromatic rings. The van der Waals surface area contributed by atoms with Crippen molar-refractivity contribution >= 4 is 5.91 Å². The fourth-order valence-corrected chi connectivity index (χ4v) is 2.07. The molecule has 0 bridgehead atoms. The SMILES string of the molecule is COc1ccc(OCCNC(=O)c2ccc(OCC(C)C)cc2)cc1. The lowest BCUT2D eigenvalue weighted by Crippen LogP contribution is -2.28. The number of rotatable bonds is 9. The Labute approximate surface area is 148 Å². The highest BCUT2D eigenvalue weighted by Crippen LogP contribution is 2.17. The molecule has 2 rings (SSSR count). The van der Waals surface area contributed by atoms with Gasteiger partial charge in [-0.25, -0.2) is 0 Å². The highest BCUT2D eigenvalue weighted by Gasteiger charge is 2.05. The van der Waals surface area contributed by atoms with E-state index in [9.17, 15) is 4.79 Å². The van der Waals surface area contributed by atoms with E-state index in [0.29, 0.717) is 31.2 Å². The molecule has 134 valence electrons. The summed E-state index contributed by atoms with van der Waals surface area (Å²) >= 11 is 0. The summed E-state index contributed by atoms with van der Waals surface area (Å²) in [6, 6.07) is 14.5. The van der Waals surface area contributed by atoms with Crippen molar-refractivity contribution in [2.45, 2.75) is 13.8 Å². The van der Waals surface area contributed by atoms with Crippen LogP contribution in [0.15, 0.2) is 48.5 Å². The first kappa shape index (κ1) is 18.6. The summed E-state index contributed by atoms with van der Waals surface area (Å²) in [5, 5.41) is 2.83. The van der Waals surface area contributed by atoms with Crippen molar-refractivity contribution in [1.82, 2.24) is 5.32 Å². The summed E-state index contributed by atoms with van der Waals surface area (Å²) in [7, 11) is 1.62. The monoisotopic (exact) mass is 343 g/mol. The summed E-state index contributed by atoms with van der Waals surface area (Å²) in [5.74, 6) is 2.62. The van der Waals surface area contributed by atoms with Crippen molar-refractivity contribution in [3.8, 4) is 17.2 Å². The lowest BCUT2D eigenvalue weighted by molar-refractivity contribution is 0.0947. The van der Waals surface area contributed by atoms with E-state index in [2.05, 4.69) is 19.2 Å². The summed E-state index contributed by atoms with van der Waals surface area (Å²) in [6.45, 7) is 5.67. The van der Waals surface area contributed by atoms with Crippen LogP contribution in [0.5, 0.6) is 17.2 Å². The van der Waals surface area contributed by atoms with Crippen LogP contribution in [0.25, 0.3) is 0 Å². The number of ether oxygens (including phenoxy) is 3. The molecule has 0 atom stereocenters. The molecule has 0 unspecified atom stereocenters. The number of amides is 1. The van der Waals surface area contributed by atoms with Crippen LogP contribution in [0.1, 0.15) is 24.2 Å². The topological polar surface area (TPSA) is 56.8 Å². The molecule has 0 fully saturated rings. The standard InChI is InChI=1S/C20H25NO4/c1-15(2)14-25-19-6-4-16(5-7-19)20(22)21-12-13-24-18-10-8-17(23-3)9-11-18/h4-11,15H,12-14H2,1-3H3,(H,21,22). The van der Waals surface area contributed by atoms with Gasteiger partial charge in [0.2, 0.25) is 0 Å². The maximum atomic E-state index is 12.1. The molecule has 1 N–H and O–H groups in total. The zero-order valence-electron chi connectivity index (χ0n) is 15.0. The molecule has 0 aliphatic rings. The molecule has 0 saturated heterocycles. The van der Waals surface area contributed by atoms with Gasteiger partial charge < -0.3 is 19.5 Å². The predicted molar refractivity (Wildman–Crippen MR) is 97.6 cm³/mol. The Morgan fingerprint density at radius 1 is 0.920 bits per heavy atom. The average molecular weight is 343 g/mol. The lowest BCUT2D eigenvalue weighted by Gasteiger charge is -2.10. The number of hydrogen-bond acceptors (Lipinski definition) is 4. The summed E-state index contributed by atoms with van der Waals surface area (Å²) in [6.07, 6.45) is 0. The molecule has 0 spiro atoms. The van der Waals surface area contributed by atoms with Crippen molar-refractivity contribution in [3.05, 3.63) is 54.1 Å². The number of carbonyl (C=O) groups is 1. The Bertz CT molecular complexity index is 650. The van der Waals surface area contributed by atoms with Crippen molar-refractivity contribution in [2.24, 2.45) is 5.92 Å². The van der Waals surface area contributed by atoms with E-state index in [1.807, 2.05) is 36.4 Å². The third kappa shape index (κ3) is 6.37. The summed E-state index contributed by atoms with van der Waals surface area (Å²) in [5.41, 5.74) is 0.598. The van der Waals surface area contributed by atoms with Gasteiger partial charge in [0, 0.05) is 5.56 Å². The second-order valence-electron chi connectivity index (χ2n) is 6.01. The van der Waals surface area contributed by atoms with Gasteiger partial charge in [0.15, 0.2) is 0 Å². The molecular formula is C20H25NO4. The van der Waals surface area contributed by atoms with Crippen LogP contribution in [-0.4, -0.2) is 32.8 Å². The Morgan fingerprint density at radius 2 is 1.48 bits per heavy atom. The molecule has 25 heavy (non-hydrogen) atoms. The van der Waals surface area contributed by atoms with Crippen LogP contribution in [0.3, 0.4) is 0 Å². The molecule has 0 aliphatic carbocycles. The van der Waals surface area contributed by atoms with Gasteiger partial charge in [-0.15, -0.1) is 0 Å². The zero-order valence-corrected chi connectivity index (χ0v) is 15.0. The van der Waals surface area contributed by atoms with Gasteiger partial charge in [-0.05, 0) is 54.4 Å². The zero-order chi connectivity index (χ0) is 18.1. The first-order chi connectivity index (χ1) is 12.1. The highest BCUT2D eigenvalue weighted by atomic mass is 16.5. The number of methoxy groups -OCH3 is 1. The minimum Gasteiger partial charge on any atom is -0.497 e. The minimum absolute atomic E-state index is 0.131. The fraction of sp³-hybridized carbons (Fsp3) is 0.350. The predicted octanol–water partition coefficient (Wildman–Crippen LogP) is 3.54. The molecule has 2 aromatic carbocycles. The maximum absolute atomic E-state index is 12.1. The van der Waals surface area contributed by atoms with Crippen LogP contribution in [0, 0.1) is 5.92 Å². The van der Waals surface area contributed by atoms with Gasteiger partial charge in [0.05, 0.1) is 20.3 Å². The molecule has 5 heteroatoms. The van der Waals surface area contributed by atoms with Gasteiger partial charge in [0.1, 0.15) is 23.9 Å². The smallest absolute Gasteiger partial charge is 0.251 e. The number of nitrogens with one attached hydrogen (secondary N) is 1. The Hall–Kier alpha value is -2.69. The van der Waals surface area contributed by atoms with E-state index >= 15 is 0 Å². The van der Waals surface area contributed by atoms with Crippen LogP contribution in [0.2, 0.25) is 0 Å². The molecule has 0 aromatic heterocycles. The van der Waals surface area contributed by atoms with E-state index in [-0.39, 0.29) is 5.91 Å². The van der Waals surface area contributed by atoms with Crippen molar-refractivity contribution in [1.29, 1.82) is 0 Å². The average Bonchev–Trinajstić information content (AvgIpc) is 2.64. The molecule has 0 radical (unpaired) electrons. The van der Waals surface area contributed by atoms with E-state index in [4.69, 9.17) is 14.2 Å². The van der Waals surface area contributed by atoms with E-state index in [1.54, 1.807) is 19.2 Å². The van der Waals surface area contributed by atoms with Crippen molar-refractivity contribution in [3.63, 3.8) is 0 Å². The second kappa shape index (κ2) is 9.57. The lowest BCUT2D eigenvalue weighted by atomic mass is 10.2. The van der Waals surface area contributed by atoms with E-state index in [0.717, 1.165) is 17.2 Å². The second-order valence-corrected chi connectivity index (χ2v) is 6.01. The van der Waals surface area contributed by atoms with Gasteiger partial charge >= 0.3 is 0 Å². The third-order valence-electron chi connectivity index (χ3n) is 3.42. The first-order valence-electron chi connectivity index (χ1n) is 8.36. The number of carbonyl (C=O) groups excluding carboxylic acids is 1. The van der Waals surface area contributed by atoms with Crippen molar-refractivity contribution < 1.29 is 19.0 Å². The molecule has 0 aliphatic heterocycles. The largest absolute Gasteiger partial charge is 0.497 e. The Balaban J connectivity index is 1.72. The molecule has 1 amide bonds. The van der Waals surface area contributed by atoms with E-state index in [1.165, 1.54) is 0 Å². The van der Waals surface area contributed by atoms with Crippen LogP contribution in [-0.2, 0) is 0 Å². The maximum Gasteiger partial charge on any atom is 0.251 e. The Kier molecular flexibility index (Phi) is 7.14. The Morgan fingerprint density at radius 3 is 2.08 bits per heavy atom. The van der Waals surface area contributed by atoms with Gasteiger partial charge in [0.25, 0.3) is 5.91 Å². The summed E-state index contributed by atoms with van der Waals surface area (Å²) in [4.78, 5) is 12.1. The van der Waals surface area contributed by atoms with Gasteiger partial charge in [-0.3, -0.25) is 4.79 Å². The molecule has 0 saturated carbocycles. The van der Waals surface area contributed by atoms with Crippen molar-refractivity contribution in [2.75, 3.05) is 26.9 Å². The molecular weight excluding hydrogens is 318 g/mol. The third-order valence-corrected chi connectivity index (χ3v) is 3.42. The number of benzene rings is 2. The van der Waals surface area contributed by atoms with Crippen LogP contribution < -0.4 is 19.5 Å². The normalized spacial score (nSPS) is 10.4. The summed E-state index contributed by atoms with van der Waals surface area (Å²) < 4.78 is 16.3. The number of hydrogen-bond donors (Lipinski definition) is 1. The van der Waals surface area contributed by atoms with Crippen LogP contribution in [0.4, 0.5) is 0 Å². The van der Waals surface area contributed by atoms with E-state index < -0.39 is 0 Å². The first-order valence-corrected chi connectivity index (χ1v) is 8.36. The molecule has 0 heterocycles.